The molecule has 96 valence electrons. The molecule has 1 rings (SSSR count). The van der Waals surface area contributed by atoms with Gasteiger partial charge in [0.15, 0.2) is 0 Å². The fourth-order valence-electron chi connectivity index (χ4n) is 3.25. The van der Waals surface area contributed by atoms with E-state index < -0.39 is 0 Å². The molecule has 1 heterocycles. The van der Waals surface area contributed by atoms with Crippen LogP contribution in [0.5, 0.6) is 0 Å². The lowest BCUT2D eigenvalue weighted by Gasteiger charge is -2.52. The second-order valence-electron chi connectivity index (χ2n) is 8.07. The van der Waals surface area contributed by atoms with Crippen LogP contribution in [0.3, 0.4) is 0 Å². The van der Waals surface area contributed by atoms with Crippen LogP contribution in [0.4, 0.5) is 0 Å². The second-order valence-corrected chi connectivity index (χ2v) is 8.07. The molecule has 0 unspecified atom stereocenters. The molecule has 1 nitrogen and oxygen atoms in total. The lowest BCUT2D eigenvalue weighted by atomic mass is 9.56. The highest BCUT2D eigenvalue weighted by molar-refractivity contribution is 4.96. The number of nitrogens with zero attached hydrogens (tertiary/aromatic N) is 1. The van der Waals surface area contributed by atoms with E-state index in [1.807, 2.05) is 0 Å². The molecule has 1 fully saturated rings. The molecule has 0 amide bonds. The quantitative estimate of drug-likeness (QED) is 0.647. The average molecular weight is 225 g/mol. The van der Waals surface area contributed by atoms with Gasteiger partial charge in [0.2, 0.25) is 0 Å². The van der Waals surface area contributed by atoms with E-state index in [4.69, 9.17) is 0 Å². The predicted molar refractivity (Wildman–Crippen MR) is 72.7 cm³/mol. The maximum absolute atomic E-state index is 2.48. The van der Waals surface area contributed by atoms with Crippen LogP contribution in [0.1, 0.15) is 60.8 Å². The van der Waals surface area contributed by atoms with Gasteiger partial charge < -0.3 is 4.90 Å². The third-order valence-corrected chi connectivity index (χ3v) is 4.40. The minimum atomic E-state index is 0.432. The summed E-state index contributed by atoms with van der Waals surface area (Å²) in [5.74, 6) is 0. The van der Waals surface area contributed by atoms with Crippen LogP contribution in [0, 0.1) is 16.2 Å². The van der Waals surface area contributed by atoms with Gasteiger partial charge in [-0.25, -0.2) is 0 Å². The predicted octanol–water partition coefficient (Wildman–Crippen LogP) is 4.18. The Labute approximate surface area is 103 Å². The molecule has 16 heavy (non-hydrogen) atoms. The topological polar surface area (TPSA) is 3.24 Å². The molecule has 1 saturated heterocycles. The summed E-state index contributed by atoms with van der Waals surface area (Å²) in [5.41, 5.74) is 1.42. The molecule has 0 aliphatic carbocycles. The van der Waals surface area contributed by atoms with Crippen LogP contribution in [0.2, 0.25) is 0 Å². The summed E-state index contributed by atoms with van der Waals surface area (Å²) in [7, 11) is 2.25. The minimum Gasteiger partial charge on any atom is -0.306 e. The molecule has 1 heteroatoms. The fourth-order valence-corrected chi connectivity index (χ4v) is 3.25. The van der Waals surface area contributed by atoms with Crippen molar-refractivity contribution in [1.29, 1.82) is 0 Å². The third-order valence-electron chi connectivity index (χ3n) is 4.40. The van der Waals surface area contributed by atoms with Gasteiger partial charge in [-0.1, -0.05) is 41.5 Å². The van der Waals surface area contributed by atoms with E-state index in [0.29, 0.717) is 16.2 Å². The van der Waals surface area contributed by atoms with Crippen molar-refractivity contribution in [1.82, 2.24) is 4.90 Å². The molecule has 0 spiro atoms. The fraction of sp³-hybridized carbons (Fsp3) is 1.00. The monoisotopic (exact) mass is 225 g/mol. The summed E-state index contributed by atoms with van der Waals surface area (Å²) in [5, 5.41) is 0. The van der Waals surface area contributed by atoms with E-state index in [-0.39, 0.29) is 0 Å². The van der Waals surface area contributed by atoms with Crippen molar-refractivity contribution < 1.29 is 0 Å². The molecular weight excluding hydrogens is 194 g/mol. The molecule has 0 aromatic carbocycles. The smallest absolute Gasteiger partial charge is 0.00163 e. The van der Waals surface area contributed by atoms with Crippen molar-refractivity contribution in [2.45, 2.75) is 60.8 Å². The molecule has 0 radical (unpaired) electrons. The normalized spacial score (nSPS) is 23.4. The first-order chi connectivity index (χ1) is 7.06. The van der Waals surface area contributed by atoms with Crippen LogP contribution < -0.4 is 0 Å². The summed E-state index contributed by atoms with van der Waals surface area (Å²) in [6, 6.07) is 0. The van der Waals surface area contributed by atoms with E-state index >= 15 is 0 Å². The number of piperidine rings is 1. The highest BCUT2D eigenvalue weighted by atomic mass is 15.1. The molecule has 0 aromatic rings. The van der Waals surface area contributed by atoms with Gasteiger partial charge in [-0.3, -0.25) is 0 Å². The summed E-state index contributed by atoms with van der Waals surface area (Å²) in [6.45, 7) is 17.0. The van der Waals surface area contributed by atoms with Crippen molar-refractivity contribution >= 4 is 0 Å². The first-order valence-corrected chi connectivity index (χ1v) is 6.74. The molecular formula is C15H31N. The van der Waals surface area contributed by atoms with Gasteiger partial charge in [-0.2, -0.15) is 0 Å². The summed E-state index contributed by atoms with van der Waals surface area (Å²) in [4.78, 5) is 2.48. The van der Waals surface area contributed by atoms with E-state index in [0.717, 1.165) is 0 Å². The van der Waals surface area contributed by atoms with Gasteiger partial charge in [-0.05, 0) is 55.6 Å². The summed E-state index contributed by atoms with van der Waals surface area (Å²) in [6.07, 6.45) is 4.09. The van der Waals surface area contributed by atoms with Crippen LogP contribution in [-0.2, 0) is 0 Å². The van der Waals surface area contributed by atoms with Gasteiger partial charge in [0.1, 0.15) is 0 Å². The van der Waals surface area contributed by atoms with Crippen molar-refractivity contribution in [3.63, 3.8) is 0 Å². The molecule has 0 N–H and O–H groups in total. The standard InChI is InChI=1S/C15H31N/c1-13(2,3)12-15(14(4,5)6)8-10-16(7)11-9-15/h8-12H2,1-7H3. The number of rotatable bonds is 1. The zero-order chi connectivity index (χ0) is 12.6. The van der Waals surface area contributed by atoms with E-state index in [2.05, 4.69) is 53.5 Å². The SMILES string of the molecule is CN1CCC(CC(C)(C)C)(C(C)(C)C)CC1. The van der Waals surface area contributed by atoms with Crippen molar-refractivity contribution in [2.24, 2.45) is 16.2 Å². The lowest BCUT2D eigenvalue weighted by molar-refractivity contribution is -0.0212. The number of hydrogen-bond acceptors (Lipinski definition) is 1. The van der Waals surface area contributed by atoms with E-state index in [1.54, 1.807) is 0 Å². The average Bonchev–Trinajstić information content (AvgIpc) is 2.05. The molecule has 0 aromatic heterocycles. The number of hydrogen-bond donors (Lipinski definition) is 0. The third kappa shape index (κ3) is 3.23. The van der Waals surface area contributed by atoms with Crippen molar-refractivity contribution in [2.75, 3.05) is 20.1 Å². The first-order valence-electron chi connectivity index (χ1n) is 6.74. The van der Waals surface area contributed by atoms with Gasteiger partial charge in [0.25, 0.3) is 0 Å². The van der Waals surface area contributed by atoms with Crippen molar-refractivity contribution in [3.8, 4) is 0 Å². The Morgan fingerprint density at radius 3 is 1.69 bits per heavy atom. The van der Waals surface area contributed by atoms with Gasteiger partial charge >= 0.3 is 0 Å². The Hall–Kier alpha value is -0.0400. The molecule has 1 aliphatic rings. The highest BCUT2D eigenvalue weighted by Crippen LogP contribution is 2.52. The first kappa shape index (κ1) is 14.0. The molecule has 0 bridgehead atoms. The maximum atomic E-state index is 2.48. The Kier molecular flexibility index (Phi) is 3.79. The van der Waals surface area contributed by atoms with Crippen LogP contribution in [0.15, 0.2) is 0 Å². The second kappa shape index (κ2) is 4.33. The van der Waals surface area contributed by atoms with Gasteiger partial charge in [0.05, 0.1) is 0 Å². The molecule has 0 saturated carbocycles. The minimum absolute atomic E-state index is 0.432. The van der Waals surface area contributed by atoms with Gasteiger partial charge in [0, 0.05) is 0 Å². The zero-order valence-electron chi connectivity index (χ0n) is 12.5. The van der Waals surface area contributed by atoms with Crippen LogP contribution in [0.25, 0.3) is 0 Å². The van der Waals surface area contributed by atoms with E-state index in [1.165, 1.54) is 32.4 Å². The maximum Gasteiger partial charge on any atom is -0.00163 e. The molecule has 0 atom stereocenters. The zero-order valence-corrected chi connectivity index (χ0v) is 12.5. The van der Waals surface area contributed by atoms with Crippen LogP contribution >= 0.6 is 0 Å². The molecule has 1 aliphatic heterocycles. The Balaban J connectivity index is 2.87. The van der Waals surface area contributed by atoms with Crippen molar-refractivity contribution in [3.05, 3.63) is 0 Å². The van der Waals surface area contributed by atoms with Gasteiger partial charge in [-0.15, -0.1) is 0 Å². The lowest BCUT2D eigenvalue weighted by Crippen LogP contribution is -2.47. The van der Waals surface area contributed by atoms with Crippen LogP contribution in [-0.4, -0.2) is 25.0 Å². The summed E-state index contributed by atoms with van der Waals surface area (Å²) >= 11 is 0. The van der Waals surface area contributed by atoms with E-state index in [9.17, 15) is 0 Å². The largest absolute Gasteiger partial charge is 0.306 e. The Bertz CT molecular complexity index is 221. The highest BCUT2D eigenvalue weighted by Gasteiger charge is 2.45. The Morgan fingerprint density at radius 2 is 1.38 bits per heavy atom. The summed E-state index contributed by atoms with van der Waals surface area (Å²) < 4.78 is 0. The Morgan fingerprint density at radius 1 is 0.938 bits per heavy atom. The number of likely N-dealkylation sites (tertiary alicyclic amines) is 1.